The van der Waals surface area contributed by atoms with Crippen LogP contribution in [0, 0.1) is 0 Å². The van der Waals surface area contributed by atoms with Crippen LogP contribution in [0.15, 0.2) is 24.3 Å². The quantitative estimate of drug-likeness (QED) is 0.661. The molecule has 0 bridgehead atoms. The van der Waals surface area contributed by atoms with Crippen molar-refractivity contribution in [1.82, 2.24) is 4.57 Å². The van der Waals surface area contributed by atoms with E-state index in [1.165, 1.54) is 48.7 Å². The first-order valence-electron chi connectivity index (χ1n) is 6.46. The summed E-state index contributed by atoms with van der Waals surface area (Å²) in [5.74, 6) is 0. The highest BCUT2D eigenvalue weighted by Gasteiger charge is 2.05. The first-order valence-corrected chi connectivity index (χ1v) is 6.84. The number of rotatable bonds is 5. The van der Waals surface area contributed by atoms with E-state index in [2.05, 4.69) is 30.7 Å². The van der Waals surface area contributed by atoms with E-state index in [0.29, 0.717) is 0 Å². The lowest BCUT2D eigenvalue weighted by atomic mass is 10.1. The van der Waals surface area contributed by atoms with Crippen LogP contribution in [0.4, 0.5) is 0 Å². The smallest absolute Gasteiger partial charge is 0.0480 e. The molecule has 0 saturated carbocycles. The van der Waals surface area contributed by atoms with Crippen LogP contribution >= 0.6 is 11.6 Å². The van der Waals surface area contributed by atoms with Crippen LogP contribution in [-0.4, -0.2) is 4.57 Å². The van der Waals surface area contributed by atoms with Gasteiger partial charge in [-0.2, -0.15) is 0 Å². The molecule has 0 fully saturated rings. The van der Waals surface area contributed by atoms with Gasteiger partial charge in [0.05, 0.1) is 0 Å². The molecule has 2 rings (SSSR count). The number of fused-ring (bicyclic) bond motifs is 1. The summed E-state index contributed by atoms with van der Waals surface area (Å²) in [5.41, 5.74) is 2.69. The van der Waals surface area contributed by atoms with Crippen molar-refractivity contribution in [2.75, 3.05) is 0 Å². The van der Waals surface area contributed by atoms with Crippen LogP contribution in [0.2, 0.25) is 5.02 Å². The van der Waals surface area contributed by atoms with Crippen LogP contribution in [0.5, 0.6) is 0 Å². The zero-order chi connectivity index (χ0) is 12.3. The lowest BCUT2D eigenvalue weighted by molar-refractivity contribution is 0.651. The number of aryl methyl sites for hydroxylation is 2. The number of hydrogen-bond donors (Lipinski definition) is 0. The molecule has 1 aromatic carbocycles. The van der Waals surface area contributed by atoms with E-state index in [9.17, 15) is 0 Å². The molecular weight excluding hydrogens is 230 g/mol. The third kappa shape index (κ3) is 2.84. The Morgan fingerprint density at radius 2 is 1.94 bits per heavy atom. The highest BCUT2D eigenvalue weighted by atomic mass is 35.5. The van der Waals surface area contributed by atoms with Gasteiger partial charge in [-0.15, -0.1) is 0 Å². The highest BCUT2D eigenvalue weighted by molar-refractivity contribution is 6.31. The predicted molar refractivity (Wildman–Crippen MR) is 75.8 cm³/mol. The van der Waals surface area contributed by atoms with Crippen molar-refractivity contribution < 1.29 is 0 Å². The Hall–Kier alpha value is -0.950. The van der Waals surface area contributed by atoms with Crippen LogP contribution in [0.3, 0.4) is 0 Å². The molecule has 1 nitrogen and oxygen atoms in total. The molecule has 0 aliphatic carbocycles. The minimum Gasteiger partial charge on any atom is -0.348 e. The molecule has 1 aromatic heterocycles. The Morgan fingerprint density at radius 1 is 1.12 bits per heavy atom. The maximum Gasteiger partial charge on any atom is 0.0480 e. The van der Waals surface area contributed by atoms with Crippen LogP contribution < -0.4 is 0 Å². The van der Waals surface area contributed by atoms with Crippen LogP contribution in [0.1, 0.15) is 38.3 Å². The van der Waals surface area contributed by atoms with Gasteiger partial charge in [-0.1, -0.05) is 37.8 Å². The second-order valence-electron chi connectivity index (χ2n) is 4.71. The maximum absolute atomic E-state index is 6.02. The maximum atomic E-state index is 6.02. The van der Waals surface area contributed by atoms with Gasteiger partial charge < -0.3 is 4.57 Å². The van der Waals surface area contributed by atoms with Crippen LogP contribution in [0.25, 0.3) is 10.9 Å². The van der Waals surface area contributed by atoms with E-state index >= 15 is 0 Å². The van der Waals surface area contributed by atoms with Crippen molar-refractivity contribution in [3.63, 3.8) is 0 Å². The van der Waals surface area contributed by atoms with Gasteiger partial charge in [0.25, 0.3) is 0 Å². The summed E-state index contributed by atoms with van der Waals surface area (Å²) < 4.78 is 2.29. The Morgan fingerprint density at radius 3 is 2.71 bits per heavy atom. The zero-order valence-electron chi connectivity index (χ0n) is 10.7. The highest BCUT2D eigenvalue weighted by Crippen LogP contribution is 2.23. The van der Waals surface area contributed by atoms with Crippen molar-refractivity contribution in [3.8, 4) is 0 Å². The van der Waals surface area contributed by atoms with Gasteiger partial charge in [0.2, 0.25) is 0 Å². The van der Waals surface area contributed by atoms with Gasteiger partial charge in [0.15, 0.2) is 0 Å². The SMILES string of the molecule is CCCCCCc1cc2cc(Cl)ccc2n1C. The first kappa shape index (κ1) is 12.5. The molecule has 0 aliphatic heterocycles. The fraction of sp³-hybridized carbons (Fsp3) is 0.467. The molecule has 0 spiro atoms. The predicted octanol–water partition coefficient (Wildman–Crippen LogP) is 4.95. The Bertz CT molecular complexity index is 499. The number of unbranched alkanes of at least 4 members (excludes halogenated alkanes) is 3. The molecule has 0 amide bonds. The molecule has 0 atom stereocenters. The average Bonchev–Trinajstić information content (AvgIpc) is 2.61. The summed E-state index contributed by atoms with van der Waals surface area (Å²) in [4.78, 5) is 0. The number of hydrogen-bond acceptors (Lipinski definition) is 0. The molecule has 2 heteroatoms. The molecule has 17 heavy (non-hydrogen) atoms. The monoisotopic (exact) mass is 249 g/mol. The van der Waals surface area contributed by atoms with Crippen molar-refractivity contribution >= 4 is 22.5 Å². The third-order valence-electron chi connectivity index (χ3n) is 3.39. The van der Waals surface area contributed by atoms with E-state index < -0.39 is 0 Å². The minimum absolute atomic E-state index is 0.820. The standard InChI is InChI=1S/C15H20ClN/c1-3-4-5-6-7-14-11-12-10-13(16)8-9-15(12)17(14)2/h8-11H,3-7H2,1-2H3. The lowest BCUT2D eigenvalue weighted by Crippen LogP contribution is -1.95. The second-order valence-corrected chi connectivity index (χ2v) is 5.14. The van der Waals surface area contributed by atoms with Gasteiger partial charge in [-0.05, 0) is 37.1 Å². The molecule has 0 N–H and O–H groups in total. The summed E-state index contributed by atoms with van der Waals surface area (Å²) in [6.45, 7) is 2.25. The van der Waals surface area contributed by atoms with E-state index in [1.807, 2.05) is 12.1 Å². The molecule has 0 saturated heterocycles. The van der Waals surface area contributed by atoms with E-state index in [1.54, 1.807) is 0 Å². The molecule has 1 heterocycles. The van der Waals surface area contributed by atoms with Gasteiger partial charge in [0, 0.05) is 28.7 Å². The number of aromatic nitrogens is 1. The zero-order valence-corrected chi connectivity index (χ0v) is 11.4. The van der Waals surface area contributed by atoms with E-state index in [-0.39, 0.29) is 0 Å². The first-order chi connectivity index (χ1) is 8.22. The topological polar surface area (TPSA) is 4.93 Å². The largest absolute Gasteiger partial charge is 0.348 e. The molecule has 92 valence electrons. The normalized spacial score (nSPS) is 11.2. The van der Waals surface area contributed by atoms with Crippen LogP contribution in [-0.2, 0) is 13.5 Å². The van der Waals surface area contributed by atoms with Crippen molar-refractivity contribution in [3.05, 3.63) is 35.0 Å². The number of nitrogens with zero attached hydrogens (tertiary/aromatic N) is 1. The second kappa shape index (κ2) is 5.59. The Kier molecular flexibility index (Phi) is 4.11. The molecule has 2 aromatic rings. The average molecular weight is 250 g/mol. The minimum atomic E-state index is 0.820. The summed E-state index contributed by atoms with van der Waals surface area (Å²) in [5, 5.41) is 2.08. The lowest BCUT2D eigenvalue weighted by Gasteiger charge is -2.03. The van der Waals surface area contributed by atoms with Gasteiger partial charge >= 0.3 is 0 Å². The summed E-state index contributed by atoms with van der Waals surface area (Å²) in [7, 11) is 2.14. The van der Waals surface area contributed by atoms with Crippen molar-refractivity contribution in [2.24, 2.45) is 7.05 Å². The number of halogens is 1. The Labute approximate surface area is 108 Å². The molecule has 0 unspecified atom stereocenters. The molecular formula is C15H20ClN. The van der Waals surface area contributed by atoms with Crippen molar-refractivity contribution in [2.45, 2.75) is 39.0 Å². The van der Waals surface area contributed by atoms with E-state index in [0.717, 1.165) is 5.02 Å². The number of benzene rings is 1. The van der Waals surface area contributed by atoms with Gasteiger partial charge in [-0.3, -0.25) is 0 Å². The summed E-state index contributed by atoms with van der Waals surface area (Å²) in [6, 6.07) is 8.39. The summed E-state index contributed by atoms with van der Waals surface area (Å²) in [6.07, 6.45) is 6.42. The fourth-order valence-corrected chi connectivity index (χ4v) is 2.53. The fourth-order valence-electron chi connectivity index (χ4n) is 2.35. The Balaban J connectivity index is 2.15. The molecule has 0 radical (unpaired) electrons. The van der Waals surface area contributed by atoms with E-state index in [4.69, 9.17) is 11.6 Å². The van der Waals surface area contributed by atoms with Gasteiger partial charge in [0.1, 0.15) is 0 Å². The van der Waals surface area contributed by atoms with Gasteiger partial charge in [-0.25, -0.2) is 0 Å². The summed E-state index contributed by atoms with van der Waals surface area (Å²) >= 11 is 6.02. The third-order valence-corrected chi connectivity index (χ3v) is 3.63. The molecule has 0 aliphatic rings. The van der Waals surface area contributed by atoms with Crippen molar-refractivity contribution in [1.29, 1.82) is 0 Å².